The number of rotatable bonds is 5. The molecule has 2 atom stereocenters. The van der Waals surface area contributed by atoms with Crippen LogP contribution in [0.3, 0.4) is 0 Å². The number of nitrogens with zero attached hydrogens (tertiary/aromatic N) is 1. The summed E-state index contributed by atoms with van der Waals surface area (Å²) in [6, 6.07) is 8.62. The Morgan fingerprint density at radius 1 is 1.06 bits per heavy atom. The van der Waals surface area contributed by atoms with Crippen molar-refractivity contribution in [1.29, 1.82) is 0 Å². The summed E-state index contributed by atoms with van der Waals surface area (Å²) in [4.78, 5) is 7.17. The SMILES string of the molecule is CCC(CC(C)c1ccncc1)c1cc[nH+]cc1. The second-order valence-electron chi connectivity index (χ2n) is 4.86. The van der Waals surface area contributed by atoms with Crippen LogP contribution in [0.5, 0.6) is 0 Å². The maximum Gasteiger partial charge on any atom is 0.167 e. The maximum atomic E-state index is 4.08. The molecule has 0 spiro atoms. The van der Waals surface area contributed by atoms with E-state index in [1.165, 1.54) is 24.0 Å². The minimum Gasteiger partial charge on any atom is -0.265 e. The van der Waals surface area contributed by atoms with Gasteiger partial charge in [-0.1, -0.05) is 13.8 Å². The summed E-state index contributed by atoms with van der Waals surface area (Å²) in [5.41, 5.74) is 2.81. The van der Waals surface area contributed by atoms with E-state index in [1.54, 1.807) is 0 Å². The van der Waals surface area contributed by atoms with Crippen LogP contribution in [0.1, 0.15) is 49.7 Å². The largest absolute Gasteiger partial charge is 0.265 e. The van der Waals surface area contributed by atoms with E-state index in [1.807, 2.05) is 24.8 Å². The van der Waals surface area contributed by atoms with Crippen molar-refractivity contribution in [3.05, 3.63) is 60.2 Å². The molecule has 2 rings (SSSR count). The minimum absolute atomic E-state index is 0.571. The maximum absolute atomic E-state index is 4.08. The van der Waals surface area contributed by atoms with Crippen molar-refractivity contribution >= 4 is 0 Å². The van der Waals surface area contributed by atoms with Gasteiger partial charge in [0.15, 0.2) is 12.4 Å². The van der Waals surface area contributed by atoms with Gasteiger partial charge in [0.2, 0.25) is 0 Å². The molecule has 2 aromatic rings. The average molecular weight is 241 g/mol. The number of H-pyrrole nitrogens is 1. The highest BCUT2D eigenvalue weighted by Gasteiger charge is 2.15. The Morgan fingerprint density at radius 2 is 1.72 bits per heavy atom. The van der Waals surface area contributed by atoms with E-state index in [-0.39, 0.29) is 0 Å². The van der Waals surface area contributed by atoms with Crippen LogP contribution in [0.2, 0.25) is 0 Å². The molecule has 94 valence electrons. The molecule has 0 saturated heterocycles. The predicted octanol–water partition coefficient (Wildman–Crippen LogP) is 3.58. The molecule has 0 aliphatic rings. The van der Waals surface area contributed by atoms with Gasteiger partial charge in [-0.2, -0.15) is 0 Å². The lowest BCUT2D eigenvalue weighted by Gasteiger charge is -2.19. The Morgan fingerprint density at radius 3 is 2.33 bits per heavy atom. The smallest absolute Gasteiger partial charge is 0.167 e. The van der Waals surface area contributed by atoms with Gasteiger partial charge in [0.1, 0.15) is 0 Å². The highest BCUT2D eigenvalue weighted by atomic mass is 14.6. The van der Waals surface area contributed by atoms with Gasteiger partial charge in [-0.05, 0) is 47.9 Å². The van der Waals surface area contributed by atoms with E-state index in [4.69, 9.17) is 0 Å². The zero-order valence-electron chi connectivity index (χ0n) is 11.1. The molecule has 0 saturated carbocycles. The number of hydrogen-bond donors (Lipinski definition) is 0. The van der Waals surface area contributed by atoms with Crippen molar-refractivity contribution in [3.63, 3.8) is 0 Å². The molecule has 0 aromatic carbocycles. The monoisotopic (exact) mass is 241 g/mol. The van der Waals surface area contributed by atoms with Gasteiger partial charge in [-0.3, -0.25) is 4.98 Å². The Labute approximate surface area is 109 Å². The highest BCUT2D eigenvalue weighted by Crippen LogP contribution is 2.31. The van der Waals surface area contributed by atoms with E-state index in [2.05, 4.69) is 48.1 Å². The van der Waals surface area contributed by atoms with Crippen molar-refractivity contribution in [2.45, 2.75) is 38.5 Å². The van der Waals surface area contributed by atoms with Crippen LogP contribution in [0.15, 0.2) is 49.1 Å². The van der Waals surface area contributed by atoms with Gasteiger partial charge < -0.3 is 0 Å². The Balaban J connectivity index is 2.07. The van der Waals surface area contributed by atoms with E-state index >= 15 is 0 Å². The van der Waals surface area contributed by atoms with Crippen LogP contribution in [0.25, 0.3) is 0 Å². The number of aromatic amines is 1. The van der Waals surface area contributed by atoms with Crippen molar-refractivity contribution in [3.8, 4) is 0 Å². The van der Waals surface area contributed by atoms with E-state index in [9.17, 15) is 0 Å². The third-order valence-electron chi connectivity index (χ3n) is 3.62. The van der Waals surface area contributed by atoms with Crippen LogP contribution < -0.4 is 4.98 Å². The summed E-state index contributed by atoms with van der Waals surface area (Å²) < 4.78 is 0. The lowest BCUT2D eigenvalue weighted by Crippen LogP contribution is -2.06. The normalized spacial score (nSPS) is 14.1. The quantitative estimate of drug-likeness (QED) is 0.786. The molecule has 2 aromatic heterocycles. The average Bonchev–Trinajstić information content (AvgIpc) is 2.46. The van der Waals surface area contributed by atoms with Crippen molar-refractivity contribution in [2.75, 3.05) is 0 Å². The Bertz CT molecular complexity index is 453. The number of nitrogens with one attached hydrogen (secondary N) is 1. The molecular formula is C16H21N2+. The molecule has 2 heteroatoms. The molecule has 2 unspecified atom stereocenters. The second kappa shape index (κ2) is 6.29. The predicted molar refractivity (Wildman–Crippen MR) is 73.3 cm³/mol. The van der Waals surface area contributed by atoms with Crippen molar-refractivity contribution in [1.82, 2.24) is 4.98 Å². The summed E-state index contributed by atoms with van der Waals surface area (Å²) in [5, 5.41) is 0. The standard InChI is InChI=1S/C16H20N2/c1-3-14(16-6-10-18-11-7-16)12-13(2)15-4-8-17-9-5-15/h4-11,13-14H,3,12H2,1-2H3/p+1. The molecule has 0 aliphatic heterocycles. The van der Waals surface area contributed by atoms with Crippen LogP contribution in [-0.2, 0) is 0 Å². The molecule has 0 fully saturated rings. The van der Waals surface area contributed by atoms with Gasteiger partial charge in [0, 0.05) is 24.5 Å². The third-order valence-corrected chi connectivity index (χ3v) is 3.62. The molecule has 0 amide bonds. The highest BCUT2D eigenvalue weighted by molar-refractivity contribution is 5.19. The number of hydrogen-bond acceptors (Lipinski definition) is 1. The van der Waals surface area contributed by atoms with Crippen LogP contribution in [0, 0.1) is 0 Å². The lowest BCUT2D eigenvalue weighted by atomic mass is 9.85. The minimum atomic E-state index is 0.571. The Hall–Kier alpha value is -1.70. The summed E-state index contributed by atoms with van der Waals surface area (Å²) in [5.74, 6) is 1.20. The van der Waals surface area contributed by atoms with Crippen LogP contribution in [-0.4, -0.2) is 4.98 Å². The fourth-order valence-corrected chi connectivity index (χ4v) is 2.47. The van der Waals surface area contributed by atoms with E-state index in [0.29, 0.717) is 11.8 Å². The summed E-state index contributed by atoms with van der Waals surface area (Å²) in [6.07, 6.45) is 10.1. The molecule has 0 radical (unpaired) electrons. The third kappa shape index (κ3) is 3.16. The van der Waals surface area contributed by atoms with Gasteiger partial charge in [-0.25, -0.2) is 4.98 Å². The zero-order valence-corrected chi connectivity index (χ0v) is 11.1. The number of aromatic nitrogens is 2. The molecular weight excluding hydrogens is 220 g/mol. The van der Waals surface area contributed by atoms with E-state index < -0.39 is 0 Å². The Kier molecular flexibility index (Phi) is 4.46. The summed E-state index contributed by atoms with van der Waals surface area (Å²) in [6.45, 7) is 4.56. The fourth-order valence-electron chi connectivity index (χ4n) is 2.47. The van der Waals surface area contributed by atoms with Crippen LogP contribution >= 0.6 is 0 Å². The second-order valence-corrected chi connectivity index (χ2v) is 4.86. The van der Waals surface area contributed by atoms with Gasteiger partial charge >= 0.3 is 0 Å². The first-order valence-electron chi connectivity index (χ1n) is 6.67. The molecule has 18 heavy (non-hydrogen) atoms. The van der Waals surface area contributed by atoms with E-state index in [0.717, 1.165) is 0 Å². The molecule has 1 N–H and O–H groups in total. The molecule has 0 bridgehead atoms. The van der Waals surface area contributed by atoms with Crippen LogP contribution in [0.4, 0.5) is 0 Å². The van der Waals surface area contributed by atoms with Gasteiger partial charge in [-0.15, -0.1) is 0 Å². The van der Waals surface area contributed by atoms with Crippen molar-refractivity contribution < 1.29 is 4.98 Å². The molecule has 0 aliphatic carbocycles. The summed E-state index contributed by atoms with van der Waals surface area (Å²) in [7, 11) is 0. The van der Waals surface area contributed by atoms with Gasteiger partial charge in [0.05, 0.1) is 0 Å². The first-order chi connectivity index (χ1) is 8.81. The van der Waals surface area contributed by atoms with Crippen molar-refractivity contribution in [2.24, 2.45) is 0 Å². The first-order valence-corrected chi connectivity index (χ1v) is 6.67. The summed E-state index contributed by atoms with van der Waals surface area (Å²) >= 11 is 0. The van der Waals surface area contributed by atoms with Gasteiger partial charge in [0.25, 0.3) is 0 Å². The molecule has 2 heterocycles. The number of pyridine rings is 2. The topological polar surface area (TPSA) is 27.0 Å². The first kappa shape index (κ1) is 12.7. The zero-order chi connectivity index (χ0) is 12.8. The fraction of sp³-hybridized carbons (Fsp3) is 0.375. The molecule has 2 nitrogen and oxygen atoms in total. The lowest BCUT2D eigenvalue weighted by molar-refractivity contribution is -0.378.